The minimum atomic E-state index is 0.761. The summed E-state index contributed by atoms with van der Waals surface area (Å²) >= 11 is 2.07. The maximum Gasteiger partial charge on any atom is 0.0310 e. The van der Waals surface area contributed by atoms with E-state index in [-0.39, 0.29) is 0 Å². The molecule has 0 radical (unpaired) electrons. The number of hydrogen-bond acceptors (Lipinski definition) is 1. The zero-order valence-electron chi connectivity index (χ0n) is 9.26. The highest BCUT2D eigenvalue weighted by atomic mass is 32.2. The number of thioether (sulfide) groups is 1. The molecule has 1 atom stereocenters. The smallest absolute Gasteiger partial charge is 0.0310 e. The molecular weight excluding hydrogens is 188 g/mol. The molecule has 0 fully saturated rings. The largest absolute Gasteiger partial charge is 0.118 e. The first-order valence-corrected chi connectivity index (χ1v) is 6.51. The molecule has 14 heavy (non-hydrogen) atoms. The quantitative estimate of drug-likeness (QED) is 0.657. The predicted octanol–water partition coefficient (Wildman–Crippen LogP) is 4.45. The summed E-state index contributed by atoms with van der Waals surface area (Å²) < 4.78 is 0. The number of rotatable bonds is 3. The molecule has 1 heteroatoms. The van der Waals surface area contributed by atoms with Gasteiger partial charge in [0.25, 0.3) is 0 Å². The van der Waals surface area contributed by atoms with Gasteiger partial charge in [-0.2, -0.15) is 0 Å². The molecule has 0 aromatic carbocycles. The van der Waals surface area contributed by atoms with E-state index in [1.165, 1.54) is 24.2 Å². The van der Waals surface area contributed by atoms with Gasteiger partial charge in [0.05, 0.1) is 0 Å². The fourth-order valence-corrected chi connectivity index (χ4v) is 3.80. The van der Waals surface area contributed by atoms with Crippen molar-refractivity contribution in [3.8, 4) is 0 Å². The van der Waals surface area contributed by atoms with Gasteiger partial charge in [-0.15, -0.1) is 11.8 Å². The summed E-state index contributed by atoms with van der Waals surface area (Å²) in [5, 5.41) is 0.761. The maximum atomic E-state index is 2.31. The van der Waals surface area contributed by atoms with Gasteiger partial charge >= 0.3 is 0 Å². The third kappa shape index (κ3) is 1.38. The first-order valence-electron chi connectivity index (χ1n) is 5.63. The molecule has 1 heterocycles. The highest BCUT2D eigenvalue weighted by Gasteiger charge is 2.30. The summed E-state index contributed by atoms with van der Waals surface area (Å²) in [5.74, 6) is 0. The Hall–Kier alpha value is -0.430. The van der Waals surface area contributed by atoms with Crippen LogP contribution in [-0.2, 0) is 0 Å². The molecule has 2 rings (SSSR count). The molecule has 76 valence electrons. The summed E-state index contributed by atoms with van der Waals surface area (Å²) in [6.07, 6.45) is 8.28. The first kappa shape index (κ1) is 10.1. The second-order valence-corrected chi connectivity index (χ2v) is 5.09. The Morgan fingerprint density at radius 1 is 1.14 bits per heavy atom. The number of fused-ring (bicyclic) bond motifs is 1. The standard InChI is InChI=1S/C13H18S/c1-4-9-7-8-12-13(9)10(5-2)11(6-3)14-12/h7-8,11H,4-6H2,1-3H3. The van der Waals surface area contributed by atoms with Crippen LogP contribution in [0.15, 0.2) is 33.8 Å². The molecule has 0 aromatic heterocycles. The molecule has 2 aliphatic rings. The van der Waals surface area contributed by atoms with Gasteiger partial charge in [-0.25, -0.2) is 0 Å². The second kappa shape index (κ2) is 3.98. The number of hydrogen-bond donors (Lipinski definition) is 0. The van der Waals surface area contributed by atoms with Crippen LogP contribution in [0.5, 0.6) is 0 Å². The zero-order valence-corrected chi connectivity index (χ0v) is 10.1. The van der Waals surface area contributed by atoms with Crippen molar-refractivity contribution in [2.75, 3.05) is 0 Å². The molecule has 0 bridgehead atoms. The topological polar surface area (TPSA) is 0 Å². The van der Waals surface area contributed by atoms with Gasteiger partial charge in [-0.05, 0) is 42.1 Å². The van der Waals surface area contributed by atoms with Crippen LogP contribution in [-0.4, -0.2) is 5.25 Å². The van der Waals surface area contributed by atoms with Gasteiger partial charge in [0, 0.05) is 10.2 Å². The fraction of sp³-hybridized carbons (Fsp3) is 0.538. The van der Waals surface area contributed by atoms with Gasteiger partial charge in [-0.3, -0.25) is 0 Å². The van der Waals surface area contributed by atoms with Crippen molar-refractivity contribution in [1.29, 1.82) is 0 Å². The minimum Gasteiger partial charge on any atom is -0.118 e. The Morgan fingerprint density at radius 3 is 2.50 bits per heavy atom. The van der Waals surface area contributed by atoms with Crippen LogP contribution in [0.1, 0.15) is 40.0 Å². The normalized spacial score (nSPS) is 25.2. The Kier molecular flexibility index (Phi) is 2.87. The van der Waals surface area contributed by atoms with Gasteiger partial charge in [0.1, 0.15) is 0 Å². The highest BCUT2D eigenvalue weighted by molar-refractivity contribution is 8.04. The van der Waals surface area contributed by atoms with E-state index < -0.39 is 0 Å². The third-order valence-electron chi connectivity index (χ3n) is 3.11. The van der Waals surface area contributed by atoms with Gasteiger partial charge in [-0.1, -0.05) is 26.8 Å². The summed E-state index contributed by atoms with van der Waals surface area (Å²) in [6.45, 7) is 6.84. The summed E-state index contributed by atoms with van der Waals surface area (Å²) in [6, 6.07) is 0. The molecule has 1 aliphatic heterocycles. The van der Waals surface area contributed by atoms with Crippen LogP contribution < -0.4 is 0 Å². The SMILES string of the molecule is CCC1=CC=C2SC(CC)C(CC)=C12. The lowest BCUT2D eigenvalue weighted by Gasteiger charge is -2.10. The van der Waals surface area contributed by atoms with Crippen LogP contribution in [0.3, 0.4) is 0 Å². The van der Waals surface area contributed by atoms with Gasteiger partial charge in [0.2, 0.25) is 0 Å². The maximum absolute atomic E-state index is 2.31. The Bertz CT molecular complexity index is 331. The summed E-state index contributed by atoms with van der Waals surface area (Å²) in [4.78, 5) is 1.53. The Balaban J connectivity index is 2.39. The van der Waals surface area contributed by atoms with E-state index in [4.69, 9.17) is 0 Å². The lowest BCUT2D eigenvalue weighted by molar-refractivity contribution is 0.875. The van der Waals surface area contributed by atoms with Crippen molar-refractivity contribution in [3.63, 3.8) is 0 Å². The van der Waals surface area contributed by atoms with Crippen LogP contribution in [0, 0.1) is 0 Å². The van der Waals surface area contributed by atoms with Crippen LogP contribution in [0.2, 0.25) is 0 Å². The molecule has 0 spiro atoms. The summed E-state index contributed by atoms with van der Waals surface area (Å²) in [5.41, 5.74) is 4.85. The molecule has 0 saturated carbocycles. The van der Waals surface area contributed by atoms with Crippen molar-refractivity contribution < 1.29 is 0 Å². The van der Waals surface area contributed by atoms with Gasteiger partial charge < -0.3 is 0 Å². The van der Waals surface area contributed by atoms with Crippen LogP contribution in [0.25, 0.3) is 0 Å². The van der Waals surface area contributed by atoms with E-state index in [2.05, 4.69) is 44.7 Å². The van der Waals surface area contributed by atoms with Crippen LogP contribution >= 0.6 is 11.8 Å². The van der Waals surface area contributed by atoms with Crippen molar-refractivity contribution in [2.45, 2.75) is 45.3 Å². The van der Waals surface area contributed by atoms with E-state index in [1.807, 2.05) is 0 Å². The molecular formula is C13H18S. The average Bonchev–Trinajstić information content (AvgIpc) is 2.74. The minimum absolute atomic E-state index is 0.761. The predicted molar refractivity (Wildman–Crippen MR) is 65.4 cm³/mol. The molecule has 0 amide bonds. The lowest BCUT2D eigenvalue weighted by atomic mass is 9.96. The zero-order chi connectivity index (χ0) is 10.1. The Morgan fingerprint density at radius 2 is 1.93 bits per heavy atom. The van der Waals surface area contributed by atoms with Crippen molar-refractivity contribution >= 4 is 11.8 Å². The lowest BCUT2D eigenvalue weighted by Crippen LogP contribution is -2.00. The van der Waals surface area contributed by atoms with E-state index >= 15 is 0 Å². The van der Waals surface area contributed by atoms with Crippen molar-refractivity contribution in [2.24, 2.45) is 0 Å². The molecule has 0 aromatic rings. The van der Waals surface area contributed by atoms with E-state index in [1.54, 1.807) is 16.7 Å². The number of allylic oxidation sites excluding steroid dienone is 4. The van der Waals surface area contributed by atoms with E-state index in [0.717, 1.165) is 5.25 Å². The highest BCUT2D eigenvalue weighted by Crippen LogP contribution is 2.50. The van der Waals surface area contributed by atoms with E-state index in [9.17, 15) is 0 Å². The molecule has 0 N–H and O–H groups in total. The van der Waals surface area contributed by atoms with Crippen molar-refractivity contribution in [3.05, 3.63) is 33.8 Å². The third-order valence-corrected chi connectivity index (χ3v) is 4.61. The summed E-state index contributed by atoms with van der Waals surface area (Å²) in [7, 11) is 0. The first-order chi connectivity index (χ1) is 6.81. The molecule has 1 unspecified atom stereocenters. The van der Waals surface area contributed by atoms with Crippen LogP contribution in [0.4, 0.5) is 0 Å². The average molecular weight is 206 g/mol. The monoisotopic (exact) mass is 206 g/mol. The fourth-order valence-electron chi connectivity index (χ4n) is 2.38. The van der Waals surface area contributed by atoms with E-state index in [0.29, 0.717) is 0 Å². The molecule has 0 nitrogen and oxygen atoms in total. The van der Waals surface area contributed by atoms with Gasteiger partial charge in [0.15, 0.2) is 0 Å². The Labute approximate surface area is 91.2 Å². The second-order valence-electron chi connectivity index (χ2n) is 3.84. The molecule has 0 saturated heterocycles. The van der Waals surface area contributed by atoms with Crippen molar-refractivity contribution in [1.82, 2.24) is 0 Å². The molecule has 1 aliphatic carbocycles.